The van der Waals surface area contributed by atoms with Crippen LogP contribution in [0.5, 0.6) is 0 Å². The molecule has 8 heteroatoms. The van der Waals surface area contributed by atoms with Crippen LogP contribution in [0.1, 0.15) is 38.6 Å². The molecular formula is C15H21BrN6O. The Labute approximate surface area is 143 Å². The van der Waals surface area contributed by atoms with Crippen LogP contribution in [0, 0.1) is 5.92 Å². The van der Waals surface area contributed by atoms with E-state index in [4.69, 9.17) is 0 Å². The SMILES string of the molecule is CC(C)Cn1cnnc1C1CCCN1c1cnn(C)c(=O)c1Br. The van der Waals surface area contributed by atoms with Crippen LogP contribution in [-0.4, -0.2) is 31.1 Å². The summed E-state index contributed by atoms with van der Waals surface area (Å²) in [5.74, 6) is 1.49. The van der Waals surface area contributed by atoms with E-state index in [1.165, 1.54) is 4.68 Å². The Balaban J connectivity index is 1.97. The van der Waals surface area contributed by atoms with Crippen molar-refractivity contribution in [2.24, 2.45) is 13.0 Å². The quantitative estimate of drug-likeness (QED) is 0.812. The third kappa shape index (κ3) is 3.04. The van der Waals surface area contributed by atoms with E-state index in [0.29, 0.717) is 10.4 Å². The summed E-state index contributed by atoms with van der Waals surface area (Å²) in [4.78, 5) is 14.4. The molecule has 3 rings (SSSR count). The Bertz CT molecular complexity index is 753. The van der Waals surface area contributed by atoms with Crippen molar-refractivity contribution >= 4 is 21.6 Å². The van der Waals surface area contributed by atoms with E-state index in [9.17, 15) is 4.79 Å². The minimum absolute atomic E-state index is 0.126. The van der Waals surface area contributed by atoms with Gasteiger partial charge in [0.2, 0.25) is 0 Å². The summed E-state index contributed by atoms with van der Waals surface area (Å²) < 4.78 is 4.01. The van der Waals surface area contributed by atoms with Crippen molar-refractivity contribution in [3.8, 4) is 0 Å². The zero-order chi connectivity index (χ0) is 16.6. The summed E-state index contributed by atoms with van der Waals surface area (Å²) in [6.07, 6.45) is 5.59. The predicted molar refractivity (Wildman–Crippen MR) is 91.4 cm³/mol. The number of nitrogens with zero attached hydrogens (tertiary/aromatic N) is 6. The number of halogens is 1. The van der Waals surface area contributed by atoms with Crippen LogP contribution >= 0.6 is 15.9 Å². The van der Waals surface area contributed by atoms with Gasteiger partial charge in [0, 0.05) is 20.1 Å². The van der Waals surface area contributed by atoms with Gasteiger partial charge >= 0.3 is 0 Å². The van der Waals surface area contributed by atoms with Crippen molar-refractivity contribution < 1.29 is 0 Å². The molecule has 0 spiro atoms. The van der Waals surface area contributed by atoms with Crippen LogP contribution in [0.15, 0.2) is 21.8 Å². The Hall–Kier alpha value is -1.70. The topological polar surface area (TPSA) is 68.8 Å². The van der Waals surface area contributed by atoms with Crippen LogP contribution < -0.4 is 10.5 Å². The fraction of sp³-hybridized carbons (Fsp3) is 0.600. The van der Waals surface area contributed by atoms with Crippen molar-refractivity contribution in [1.29, 1.82) is 0 Å². The maximum Gasteiger partial charge on any atom is 0.282 e. The standard InChI is InChI=1S/C15H21BrN6O/c1-10(2)8-21-9-17-19-14(21)11-5-4-6-22(11)12-7-18-20(3)15(23)13(12)16/h7,9-11H,4-6,8H2,1-3H3. The number of aryl methyl sites for hydroxylation is 1. The predicted octanol–water partition coefficient (Wildman–Crippen LogP) is 2.13. The van der Waals surface area contributed by atoms with Gasteiger partial charge in [-0.3, -0.25) is 4.79 Å². The van der Waals surface area contributed by atoms with Crippen molar-refractivity contribution in [3.63, 3.8) is 0 Å². The van der Waals surface area contributed by atoms with E-state index < -0.39 is 0 Å². The molecule has 2 aromatic heterocycles. The molecule has 1 unspecified atom stereocenters. The van der Waals surface area contributed by atoms with Gasteiger partial charge < -0.3 is 9.47 Å². The fourth-order valence-corrected chi connectivity index (χ4v) is 3.67. The summed E-state index contributed by atoms with van der Waals surface area (Å²) >= 11 is 3.43. The smallest absolute Gasteiger partial charge is 0.282 e. The molecule has 0 radical (unpaired) electrons. The van der Waals surface area contributed by atoms with Gasteiger partial charge in [-0.25, -0.2) is 4.68 Å². The summed E-state index contributed by atoms with van der Waals surface area (Å²) in [5.41, 5.74) is 0.700. The first-order valence-corrected chi connectivity index (χ1v) is 8.64. The van der Waals surface area contributed by atoms with Crippen LogP contribution in [0.3, 0.4) is 0 Å². The molecule has 124 valence electrons. The van der Waals surface area contributed by atoms with E-state index >= 15 is 0 Å². The second-order valence-electron chi connectivity index (χ2n) is 6.36. The lowest BCUT2D eigenvalue weighted by Gasteiger charge is -2.27. The highest BCUT2D eigenvalue weighted by molar-refractivity contribution is 9.10. The maximum absolute atomic E-state index is 12.1. The van der Waals surface area contributed by atoms with E-state index in [-0.39, 0.29) is 11.6 Å². The highest BCUT2D eigenvalue weighted by Crippen LogP contribution is 2.37. The fourth-order valence-electron chi connectivity index (χ4n) is 3.08. The minimum Gasteiger partial charge on any atom is -0.359 e. The van der Waals surface area contributed by atoms with E-state index in [1.807, 2.05) is 0 Å². The average Bonchev–Trinajstić information content (AvgIpc) is 3.13. The van der Waals surface area contributed by atoms with Gasteiger partial charge in [0.15, 0.2) is 5.82 Å². The van der Waals surface area contributed by atoms with Crippen LogP contribution in [0.25, 0.3) is 0 Å². The van der Waals surface area contributed by atoms with Crippen LogP contribution in [0.4, 0.5) is 5.69 Å². The van der Waals surface area contributed by atoms with Gasteiger partial charge in [0.1, 0.15) is 10.8 Å². The summed E-state index contributed by atoms with van der Waals surface area (Å²) in [6.45, 7) is 6.13. The molecule has 0 amide bonds. The molecule has 1 atom stereocenters. The largest absolute Gasteiger partial charge is 0.359 e. The van der Waals surface area contributed by atoms with Crippen LogP contribution in [-0.2, 0) is 13.6 Å². The third-order valence-electron chi connectivity index (χ3n) is 4.13. The molecule has 0 saturated carbocycles. The molecule has 23 heavy (non-hydrogen) atoms. The number of anilines is 1. The lowest BCUT2D eigenvalue weighted by molar-refractivity contribution is 0.487. The molecule has 1 aliphatic heterocycles. The van der Waals surface area contributed by atoms with Gasteiger partial charge in [0.05, 0.1) is 17.9 Å². The first-order valence-electron chi connectivity index (χ1n) is 7.85. The molecule has 7 nitrogen and oxygen atoms in total. The van der Waals surface area contributed by atoms with E-state index in [2.05, 4.69) is 54.5 Å². The summed E-state index contributed by atoms with van der Waals surface area (Å²) in [6, 6.07) is 0.126. The first-order chi connectivity index (χ1) is 11.0. The zero-order valence-electron chi connectivity index (χ0n) is 13.6. The van der Waals surface area contributed by atoms with Gasteiger partial charge in [-0.1, -0.05) is 13.8 Å². The van der Waals surface area contributed by atoms with Crippen LogP contribution in [0.2, 0.25) is 0 Å². The van der Waals surface area contributed by atoms with Gasteiger partial charge in [-0.15, -0.1) is 10.2 Å². The van der Waals surface area contributed by atoms with Gasteiger partial charge in [-0.05, 0) is 34.7 Å². The van der Waals surface area contributed by atoms with Gasteiger partial charge in [0.25, 0.3) is 5.56 Å². The second kappa shape index (κ2) is 6.43. The third-order valence-corrected chi connectivity index (χ3v) is 4.87. The van der Waals surface area contributed by atoms with Crippen molar-refractivity contribution in [2.45, 2.75) is 39.3 Å². The van der Waals surface area contributed by atoms with Gasteiger partial charge in [-0.2, -0.15) is 5.10 Å². The van der Waals surface area contributed by atoms with E-state index in [0.717, 1.165) is 37.4 Å². The molecule has 3 heterocycles. The Morgan fingerprint density at radius 2 is 2.22 bits per heavy atom. The van der Waals surface area contributed by atoms with Crippen molar-refractivity contribution in [3.05, 3.63) is 33.2 Å². The molecule has 2 aromatic rings. The van der Waals surface area contributed by atoms with Crippen molar-refractivity contribution in [1.82, 2.24) is 24.5 Å². The molecular weight excluding hydrogens is 360 g/mol. The summed E-state index contributed by atoms with van der Waals surface area (Å²) in [7, 11) is 1.65. The number of rotatable bonds is 4. The molecule has 1 saturated heterocycles. The first kappa shape index (κ1) is 16.2. The monoisotopic (exact) mass is 380 g/mol. The second-order valence-corrected chi connectivity index (χ2v) is 7.15. The molecule has 0 bridgehead atoms. The molecule has 0 aromatic carbocycles. The number of hydrogen-bond donors (Lipinski definition) is 0. The highest BCUT2D eigenvalue weighted by Gasteiger charge is 2.32. The lowest BCUT2D eigenvalue weighted by Crippen LogP contribution is -2.29. The minimum atomic E-state index is -0.128. The number of aromatic nitrogens is 5. The molecule has 0 aliphatic carbocycles. The molecule has 1 fully saturated rings. The average molecular weight is 381 g/mol. The molecule has 0 N–H and O–H groups in total. The maximum atomic E-state index is 12.1. The number of hydrogen-bond acceptors (Lipinski definition) is 5. The van der Waals surface area contributed by atoms with Crippen molar-refractivity contribution in [2.75, 3.05) is 11.4 Å². The normalized spacial score (nSPS) is 18.1. The zero-order valence-corrected chi connectivity index (χ0v) is 15.2. The Morgan fingerprint density at radius 1 is 1.43 bits per heavy atom. The van der Waals surface area contributed by atoms with E-state index in [1.54, 1.807) is 19.6 Å². The summed E-state index contributed by atoms with van der Waals surface area (Å²) in [5, 5.41) is 12.6. The Morgan fingerprint density at radius 3 is 2.96 bits per heavy atom. The highest BCUT2D eigenvalue weighted by atomic mass is 79.9. The molecule has 1 aliphatic rings. The lowest BCUT2D eigenvalue weighted by atomic mass is 10.1. The Kier molecular flexibility index (Phi) is 4.52.